The van der Waals surface area contributed by atoms with Crippen LogP contribution in [-0.4, -0.2) is 17.6 Å². The fourth-order valence-corrected chi connectivity index (χ4v) is 1.28. The van der Waals surface area contributed by atoms with E-state index in [2.05, 4.69) is 36.4 Å². The first-order chi connectivity index (χ1) is 6.74. The van der Waals surface area contributed by atoms with Gasteiger partial charge < -0.3 is 10.6 Å². The maximum atomic E-state index is 4.13. The van der Waals surface area contributed by atoms with Crippen molar-refractivity contribution in [3.63, 3.8) is 0 Å². The van der Waals surface area contributed by atoms with Crippen molar-refractivity contribution in [1.82, 2.24) is 10.3 Å². The van der Waals surface area contributed by atoms with Crippen molar-refractivity contribution < 1.29 is 0 Å². The summed E-state index contributed by atoms with van der Waals surface area (Å²) in [6.45, 7) is 8.23. The first-order valence-electron chi connectivity index (χ1n) is 5.14. The molecule has 0 saturated heterocycles. The van der Waals surface area contributed by atoms with Crippen LogP contribution in [0.4, 0.5) is 5.69 Å². The first-order valence-corrected chi connectivity index (χ1v) is 5.14. The molecule has 1 rings (SSSR count). The van der Waals surface area contributed by atoms with Crippen LogP contribution in [0.3, 0.4) is 0 Å². The van der Waals surface area contributed by atoms with Crippen molar-refractivity contribution in [2.45, 2.75) is 33.4 Å². The van der Waals surface area contributed by atoms with Crippen molar-refractivity contribution in [3.05, 3.63) is 24.0 Å². The molecule has 0 bridgehead atoms. The fourth-order valence-electron chi connectivity index (χ4n) is 1.28. The minimum Gasteiger partial charge on any atom is -0.383 e. The summed E-state index contributed by atoms with van der Waals surface area (Å²) in [7, 11) is 0. The summed E-state index contributed by atoms with van der Waals surface area (Å²) in [5.41, 5.74) is 2.40. The minimum atomic E-state index is 0.456. The monoisotopic (exact) mass is 193 g/mol. The van der Waals surface area contributed by atoms with Gasteiger partial charge in [-0.3, -0.25) is 4.98 Å². The van der Waals surface area contributed by atoms with Gasteiger partial charge >= 0.3 is 0 Å². The third-order valence-corrected chi connectivity index (χ3v) is 1.91. The van der Waals surface area contributed by atoms with Crippen LogP contribution < -0.4 is 10.6 Å². The average Bonchev–Trinajstić information content (AvgIpc) is 2.16. The van der Waals surface area contributed by atoms with E-state index in [9.17, 15) is 0 Å². The number of anilines is 1. The molecule has 1 heterocycles. The molecule has 0 saturated carbocycles. The Kier molecular flexibility index (Phi) is 4.40. The second-order valence-corrected chi connectivity index (χ2v) is 3.61. The van der Waals surface area contributed by atoms with Crippen molar-refractivity contribution in [2.75, 3.05) is 11.9 Å². The first kappa shape index (κ1) is 11.0. The molecular formula is C11H19N3. The van der Waals surface area contributed by atoms with Crippen LogP contribution in [-0.2, 0) is 6.54 Å². The highest BCUT2D eigenvalue weighted by Gasteiger charge is 2.02. The van der Waals surface area contributed by atoms with E-state index < -0.39 is 0 Å². The highest BCUT2D eigenvalue weighted by molar-refractivity contribution is 5.49. The largest absolute Gasteiger partial charge is 0.383 e. The van der Waals surface area contributed by atoms with Gasteiger partial charge in [0.15, 0.2) is 0 Å². The summed E-state index contributed by atoms with van der Waals surface area (Å²) in [6, 6.07) is 2.48. The molecule has 14 heavy (non-hydrogen) atoms. The Bertz CT molecular complexity index is 271. The number of nitrogens with one attached hydrogen (secondary N) is 2. The van der Waals surface area contributed by atoms with Crippen LogP contribution in [0.1, 0.15) is 26.3 Å². The number of rotatable bonds is 5. The SMILES string of the molecule is CCNCc1cnccc1NC(C)C. The molecule has 0 aliphatic heterocycles. The molecule has 0 aliphatic rings. The van der Waals surface area contributed by atoms with Crippen molar-refractivity contribution in [2.24, 2.45) is 0 Å². The van der Waals surface area contributed by atoms with Crippen molar-refractivity contribution >= 4 is 5.69 Å². The van der Waals surface area contributed by atoms with Crippen LogP contribution in [0.5, 0.6) is 0 Å². The highest BCUT2D eigenvalue weighted by atomic mass is 14.9. The summed E-state index contributed by atoms with van der Waals surface area (Å²) in [5.74, 6) is 0. The van der Waals surface area contributed by atoms with E-state index in [1.807, 2.05) is 18.5 Å². The molecule has 1 aromatic rings. The molecule has 2 N–H and O–H groups in total. The van der Waals surface area contributed by atoms with Gasteiger partial charge in [-0.15, -0.1) is 0 Å². The summed E-state index contributed by atoms with van der Waals surface area (Å²) in [4.78, 5) is 4.13. The van der Waals surface area contributed by atoms with E-state index in [-0.39, 0.29) is 0 Å². The Morgan fingerprint density at radius 3 is 2.86 bits per heavy atom. The third-order valence-electron chi connectivity index (χ3n) is 1.91. The second kappa shape index (κ2) is 5.60. The quantitative estimate of drug-likeness (QED) is 0.751. The van der Waals surface area contributed by atoms with Gasteiger partial charge in [0.25, 0.3) is 0 Å². The lowest BCUT2D eigenvalue weighted by molar-refractivity contribution is 0.723. The smallest absolute Gasteiger partial charge is 0.0418 e. The molecule has 0 spiro atoms. The third kappa shape index (κ3) is 3.34. The maximum Gasteiger partial charge on any atom is 0.0418 e. The summed E-state index contributed by atoms with van der Waals surface area (Å²) < 4.78 is 0. The maximum absolute atomic E-state index is 4.13. The molecule has 1 aromatic heterocycles. The number of hydrogen-bond donors (Lipinski definition) is 2. The Hall–Kier alpha value is -1.09. The molecule has 0 atom stereocenters. The topological polar surface area (TPSA) is 37.0 Å². The van der Waals surface area contributed by atoms with Crippen molar-refractivity contribution in [3.8, 4) is 0 Å². The molecule has 0 unspecified atom stereocenters. The summed E-state index contributed by atoms with van der Waals surface area (Å²) in [5, 5.41) is 6.70. The predicted octanol–water partition coefficient (Wildman–Crippen LogP) is 2.01. The molecule has 0 amide bonds. The molecule has 0 radical (unpaired) electrons. The van der Waals surface area contributed by atoms with Gasteiger partial charge in [-0.1, -0.05) is 6.92 Å². The highest BCUT2D eigenvalue weighted by Crippen LogP contribution is 2.14. The van der Waals surface area contributed by atoms with Crippen LogP contribution in [0.25, 0.3) is 0 Å². The van der Waals surface area contributed by atoms with Gasteiger partial charge in [-0.2, -0.15) is 0 Å². The van der Waals surface area contributed by atoms with E-state index in [4.69, 9.17) is 0 Å². The van der Waals surface area contributed by atoms with Gasteiger partial charge in [0, 0.05) is 36.2 Å². The number of hydrogen-bond acceptors (Lipinski definition) is 3. The normalized spacial score (nSPS) is 10.6. The lowest BCUT2D eigenvalue weighted by Crippen LogP contribution is -2.16. The predicted molar refractivity (Wildman–Crippen MR) is 60.4 cm³/mol. The van der Waals surface area contributed by atoms with E-state index >= 15 is 0 Å². The van der Waals surface area contributed by atoms with E-state index in [1.54, 1.807) is 0 Å². The Morgan fingerprint density at radius 2 is 2.21 bits per heavy atom. The lowest BCUT2D eigenvalue weighted by atomic mass is 10.2. The summed E-state index contributed by atoms with van der Waals surface area (Å²) in [6.07, 6.45) is 3.73. The molecule has 0 fully saturated rings. The van der Waals surface area contributed by atoms with E-state index in [0.717, 1.165) is 13.1 Å². The molecule has 78 valence electrons. The van der Waals surface area contributed by atoms with Gasteiger partial charge in [-0.05, 0) is 26.5 Å². The average molecular weight is 193 g/mol. The minimum absolute atomic E-state index is 0.456. The van der Waals surface area contributed by atoms with Crippen LogP contribution in [0.2, 0.25) is 0 Å². The number of aromatic nitrogens is 1. The number of pyridine rings is 1. The second-order valence-electron chi connectivity index (χ2n) is 3.61. The zero-order valence-electron chi connectivity index (χ0n) is 9.17. The molecule has 0 aliphatic carbocycles. The Balaban J connectivity index is 2.69. The Labute approximate surface area is 85.9 Å². The molecule has 3 heteroatoms. The van der Waals surface area contributed by atoms with Crippen molar-refractivity contribution in [1.29, 1.82) is 0 Å². The van der Waals surface area contributed by atoms with E-state index in [1.165, 1.54) is 11.3 Å². The van der Waals surface area contributed by atoms with Crippen LogP contribution in [0, 0.1) is 0 Å². The molecule has 3 nitrogen and oxygen atoms in total. The van der Waals surface area contributed by atoms with Crippen LogP contribution in [0.15, 0.2) is 18.5 Å². The van der Waals surface area contributed by atoms with Crippen LogP contribution >= 0.6 is 0 Å². The van der Waals surface area contributed by atoms with Gasteiger partial charge in [0.2, 0.25) is 0 Å². The van der Waals surface area contributed by atoms with E-state index in [0.29, 0.717) is 6.04 Å². The number of nitrogens with zero attached hydrogens (tertiary/aromatic N) is 1. The zero-order valence-corrected chi connectivity index (χ0v) is 9.17. The van der Waals surface area contributed by atoms with Gasteiger partial charge in [-0.25, -0.2) is 0 Å². The summed E-state index contributed by atoms with van der Waals surface area (Å²) >= 11 is 0. The fraction of sp³-hybridized carbons (Fsp3) is 0.545. The van der Waals surface area contributed by atoms with Gasteiger partial charge in [0.05, 0.1) is 0 Å². The lowest BCUT2D eigenvalue weighted by Gasteiger charge is -2.14. The van der Waals surface area contributed by atoms with Gasteiger partial charge in [0.1, 0.15) is 0 Å². The molecule has 0 aromatic carbocycles. The zero-order chi connectivity index (χ0) is 10.4. The Morgan fingerprint density at radius 1 is 1.43 bits per heavy atom. The standard InChI is InChI=1S/C11H19N3/c1-4-12-7-10-8-13-6-5-11(10)14-9(2)3/h5-6,8-9,12H,4,7H2,1-3H3,(H,13,14). The molecular weight excluding hydrogens is 174 g/mol.